The number of halogens is 1. The van der Waals surface area contributed by atoms with Crippen molar-refractivity contribution in [3.05, 3.63) is 10.6 Å². The Kier molecular flexibility index (Phi) is 4.42. The number of rotatable bonds is 0. The topological polar surface area (TPSA) is 29.5 Å². The summed E-state index contributed by atoms with van der Waals surface area (Å²) >= 11 is 3.35. The van der Waals surface area contributed by atoms with Crippen molar-refractivity contribution in [3.8, 4) is 0 Å². The summed E-state index contributed by atoms with van der Waals surface area (Å²) in [6.07, 6.45) is 1.65. The number of piperidine rings is 1. The SMILES string of the molecule is C[C@H]1CC(=CBr)CCN1C(=O)OC(C)(C)C. The minimum absolute atomic E-state index is 0.200. The van der Waals surface area contributed by atoms with Gasteiger partial charge in [-0.05, 0) is 45.5 Å². The van der Waals surface area contributed by atoms with Crippen molar-refractivity contribution in [1.29, 1.82) is 0 Å². The van der Waals surface area contributed by atoms with E-state index in [4.69, 9.17) is 4.74 Å². The van der Waals surface area contributed by atoms with Crippen LogP contribution in [-0.2, 0) is 4.74 Å². The molecule has 0 aliphatic carbocycles. The van der Waals surface area contributed by atoms with Crippen molar-refractivity contribution in [2.24, 2.45) is 0 Å². The largest absolute Gasteiger partial charge is 0.444 e. The molecule has 0 unspecified atom stereocenters. The van der Waals surface area contributed by atoms with Crippen molar-refractivity contribution in [3.63, 3.8) is 0 Å². The summed E-state index contributed by atoms with van der Waals surface area (Å²) in [6, 6.07) is 0.215. The molecule has 0 spiro atoms. The summed E-state index contributed by atoms with van der Waals surface area (Å²) in [5.74, 6) is 0. The van der Waals surface area contributed by atoms with Gasteiger partial charge in [-0.2, -0.15) is 0 Å². The van der Waals surface area contributed by atoms with Crippen LogP contribution in [-0.4, -0.2) is 29.2 Å². The molecule has 0 saturated carbocycles. The van der Waals surface area contributed by atoms with Crippen LogP contribution < -0.4 is 0 Å². The van der Waals surface area contributed by atoms with Crippen molar-refractivity contribution < 1.29 is 9.53 Å². The number of amides is 1. The molecule has 1 aliphatic heterocycles. The summed E-state index contributed by atoms with van der Waals surface area (Å²) in [5, 5.41) is 0. The molecule has 1 aliphatic rings. The second-order valence-electron chi connectivity index (χ2n) is 5.24. The van der Waals surface area contributed by atoms with E-state index >= 15 is 0 Å². The first-order valence-electron chi connectivity index (χ1n) is 5.61. The van der Waals surface area contributed by atoms with Gasteiger partial charge < -0.3 is 9.64 Å². The van der Waals surface area contributed by atoms with E-state index in [1.54, 1.807) is 0 Å². The third-order valence-electron chi connectivity index (χ3n) is 2.55. The number of nitrogens with zero attached hydrogens (tertiary/aromatic N) is 1. The number of hydrogen-bond acceptors (Lipinski definition) is 2. The second kappa shape index (κ2) is 5.21. The van der Waals surface area contributed by atoms with Crippen LogP contribution in [0.3, 0.4) is 0 Å². The van der Waals surface area contributed by atoms with Crippen LogP contribution in [0.5, 0.6) is 0 Å². The average molecular weight is 290 g/mol. The third-order valence-corrected chi connectivity index (χ3v) is 3.19. The van der Waals surface area contributed by atoms with Crippen LogP contribution in [0, 0.1) is 0 Å². The van der Waals surface area contributed by atoms with Crippen LogP contribution >= 0.6 is 15.9 Å². The fourth-order valence-electron chi connectivity index (χ4n) is 1.77. The molecule has 3 nitrogen and oxygen atoms in total. The highest BCUT2D eigenvalue weighted by atomic mass is 79.9. The van der Waals surface area contributed by atoms with E-state index in [2.05, 4.69) is 22.9 Å². The molecule has 0 N–H and O–H groups in total. The maximum absolute atomic E-state index is 11.9. The molecular weight excluding hydrogens is 270 g/mol. The minimum Gasteiger partial charge on any atom is -0.444 e. The number of ether oxygens (including phenoxy) is 1. The molecule has 1 heterocycles. The van der Waals surface area contributed by atoms with Gasteiger partial charge in [0.25, 0.3) is 0 Å². The zero-order chi connectivity index (χ0) is 12.3. The van der Waals surface area contributed by atoms with Crippen molar-refractivity contribution in [2.75, 3.05) is 6.54 Å². The van der Waals surface area contributed by atoms with Gasteiger partial charge in [0.15, 0.2) is 0 Å². The number of hydrogen-bond donors (Lipinski definition) is 0. The summed E-state index contributed by atoms with van der Waals surface area (Å²) in [6.45, 7) is 8.48. The molecule has 0 radical (unpaired) electrons. The molecule has 1 amide bonds. The Labute approximate surface area is 106 Å². The van der Waals surface area contributed by atoms with Gasteiger partial charge in [0.1, 0.15) is 5.60 Å². The Hall–Kier alpha value is -0.510. The molecule has 0 bridgehead atoms. The zero-order valence-electron chi connectivity index (χ0n) is 10.4. The van der Waals surface area contributed by atoms with E-state index in [1.165, 1.54) is 5.57 Å². The maximum Gasteiger partial charge on any atom is 0.410 e. The second-order valence-corrected chi connectivity index (χ2v) is 5.70. The first-order chi connectivity index (χ1) is 7.33. The predicted octanol–water partition coefficient (Wildman–Crippen LogP) is 3.68. The lowest BCUT2D eigenvalue weighted by Crippen LogP contribution is -2.45. The fourth-order valence-corrected chi connectivity index (χ4v) is 2.18. The molecule has 0 aromatic heterocycles. The van der Waals surface area contributed by atoms with Gasteiger partial charge in [0.2, 0.25) is 0 Å². The van der Waals surface area contributed by atoms with Gasteiger partial charge in [-0.15, -0.1) is 0 Å². The lowest BCUT2D eigenvalue weighted by Gasteiger charge is -2.35. The lowest BCUT2D eigenvalue weighted by molar-refractivity contribution is 0.0152. The first kappa shape index (κ1) is 13.6. The fraction of sp³-hybridized carbons (Fsp3) is 0.750. The van der Waals surface area contributed by atoms with Crippen LogP contribution in [0.1, 0.15) is 40.5 Å². The normalized spacial score (nSPS) is 24.7. The van der Waals surface area contributed by atoms with E-state index in [1.807, 2.05) is 30.7 Å². The van der Waals surface area contributed by atoms with Crippen molar-refractivity contribution in [2.45, 2.75) is 52.2 Å². The molecule has 0 aromatic rings. The Bertz CT molecular complexity index is 294. The predicted molar refractivity (Wildman–Crippen MR) is 68.6 cm³/mol. The van der Waals surface area contributed by atoms with Crippen molar-refractivity contribution in [1.82, 2.24) is 4.90 Å². The Morgan fingerprint density at radius 3 is 2.62 bits per heavy atom. The molecule has 1 saturated heterocycles. The summed E-state index contributed by atoms with van der Waals surface area (Å²) < 4.78 is 5.37. The Morgan fingerprint density at radius 1 is 1.56 bits per heavy atom. The standard InChI is InChI=1S/C12H20BrNO2/c1-9-7-10(8-13)5-6-14(9)11(15)16-12(2,3)4/h8-9H,5-7H2,1-4H3/t9-/m0/s1. The quantitative estimate of drug-likeness (QED) is 0.681. The van der Waals surface area contributed by atoms with Gasteiger partial charge in [-0.1, -0.05) is 21.5 Å². The number of carbonyl (C=O) groups is 1. The average Bonchev–Trinajstić information content (AvgIpc) is 2.14. The molecular formula is C12H20BrNO2. The molecule has 92 valence electrons. The molecule has 0 aromatic carbocycles. The monoisotopic (exact) mass is 289 g/mol. The maximum atomic E-state index is 11.9. The first-order valence-corrected chi connectivity index (χ1v) is 6.53. The van der Waals surface area contributed by atoms with Crippen LogP contribution in [0.4, 0.5) is 4.79 Å². The Balaban J connectivity index is 2.59. The smallest absolute Gasteiger partial charge is 0.410 e. The molecule has 1 rings (SSSR count). The summed E-state index contributed by atoms with van der Waals surface area (Å²) in [4.78, 5) is 15.7. The van der Waals surface area contributed by atoms with E-state index in [-0.39, 0.29) is 12.1 Å². The van der Waals surface area contributed by atoms with Gasteiger partial charge in [0.05, 0.1) is 0 Å². The Morgan fingerprint density at radius 2 is 2.19 bits per heavy atom. The molecule has 16 heavy (non-hydrogen) atoms. The zero-order valence-corrected chi connectivity index (χ0v) is 12.0. The van der Waals surface area contributed by atoms with E-state index in [9.17, 15) is 4.79 Å². The lowest BCUT2D eigenvalue weighted by atomic mass is 10.00. The third kappa shape index (κ3) is 3.81. The van der Waals surface area contributed by atoms with Gasteiger partial charge >= 0.3 is 6.09 Å². The molecule has 4 heteroatoms. The minimum atomic E-state index is -0.414. The molecule has 1 atom stereocenters. The van der Waals surface area contributed by atoms with Crippen molar-refractivity contribution >= 4 is 22.0 Å². The van der Waals surface area contributed by atoms with E-state index in [0.29, 0.717) is 0 Å². The van der Waals surface area contributed by atoms with Crippen LogP contribution in [0.2, 0.25) is 0 Å². The molecule has 1 fully saturated rings. The van der Waals surface area contributed by atoms with E-state index < -0.39 is 5.60 Å². The highest BCUT2D eigenvalue weighted by Gasteiger charge is 2.29. The number of likely N-dealkylation sites (tertiary alicyclic amines) is 1. The van der Waals surface area contributed by atoms with Gasteiger partial charge in [-0.25, -0.2) is 4.79 Å². The van der Waals surface area contributed by atoms with Crippen LogP contribution in [0.15, 0.2) is 10.6 Å². The highest BCUT2D eigenvalue weighted by Crippen LogP contribution is 2.24. The summed E-state index contributed by atoms with van der Waals surface area (Å²) in [5.41, 5.74) is 0.940. The summed E-state index contributed by atoms with van der Waals surface area (Å²) in [7, 11) is 0. The highest BCUT2D eigenvalue weighted by molar-refractivity contribution is 9.11. The van der Waals surface area contributed by atoms with Gasteiger partial charge in [-0.3, -0.25) is 0 Å². The van der Waals surface area contributed by atoms with Crippen LogP contribution in [0.25, 0.3) is 0 Å². The van der Waals surface area contributed by atoms with Gasteiger partial charge in [0, 0.05) is 12.6 Å². The van der Waals surface area contributed by atoms with E-state index in [0.717, 1.165) is 19.4 Å². The number of carbonyl (C=O) groups excluding carboxylic acids is 1.